The van der Waals surface area contributed by atoms with Crippen molar-refractivity contribution in [3.05, 3.63) is 77.6 Å². The van der Waals surface area contributed by atoms with Crippen LogP contribution in [0.25, 0.3) is 0 Å². The maximum Gasteiger partial charge on any atom is 0.221 e. The molecular formula is C22H26N4OS. The van der Waals surface area contributed by atoms with Crippen molar-refractivity contribution in [1.29, 1.82) is 0 Å². The Bertz CT molecular complexity index is 865. The van der Waals surface area contributed by atoms with Gasteiger partial charge in [0.1, 0.15) is 5.82 Å². The van der Waals surface area contributed by atoms with Crippen molar-refractivity contribution in [1.82, 2.24) is 14.7 Å². The Morgan fingerprint density at radius 2 is 1.68 bits per heavy atom. The lowest BCUT2D eigenvalue weighted by Gasteiger charge is -2.21. The van der Waals surface area contributed by atoms with Crippen LogP contribution < -0.4 is 10.2 Å². The highest BCUT2D eigenvalue weighted by atomic mass is 32.1. The molecule has 0 saturated carbocycles. The van der Waals surface area contributed by atoms with Gasteiger partial charge >= 0.3 is 0 Å². The maximum atomic E-state index is 12.1. The van der Waals surface area contributed by atoms with E-state index < -0.39 is 0 Å². The molecule has 6 heteroatoms. The van der Waals surface area contributed by atoms with E-state index >= 15 is 0 Å². The summed E-state index contributed by atoms with van der Waals surface area (Å²) in [6.45, 7) is 5.25. The molecule has 0 aliphatic carbocycles. The maximum absolute atomic E-state index is 12.1. The molecule has 0 bridgehead atoms. The topological polar surface area (TPSA) is 58.1 Å². The van der Waals surface area contributed by atoms with Crippen LogP contribution in [-0.2, 0) is 17.8 Å². The fraction of sp³-hybridized carbons (Fsp3) is 0.318. The van der Waals surface area contributed by atoms with Gasteiger partial charge in [0.05, 0.1) is 0 Å². The van der Waals surface area contributed by atoms with Crippen molar-refractivity contribution < 1.29 is 4.79 Å². The standard InChI is InChI=1S/C22H26N4OS/c1-17(2)23-21(27)13-14-26(16-19-11-7-4-8-12-19)22-24-20(25-28-22)15-18-9-5-3-6-10-18/h3-12,17H,13-16H2,1-2H3,(H,23,27). The SMILES string of the molecule is CC(C)NC(=O)CCN(Cc1ccccc1)c1nc(Cc2ccccc2)ns1. The Morgan fingerprint density at radius 1 is 1.04 bits per heavy atom. The number of nitrogens with zero attached hydrogens (tertiary/aromatic N) is 3. The second kappa shape index (κ2) is 9.99. The summed E-state index contributed by atoms with van der Waals surface area (Å²) >= 11 is 1.39. The van der Waals surface area contributed by atoms with Gasteiger partial charge in [0.2, 0.25) is 11.0 Å². The fourth-order valence-corrected chi connectivity index (χ4v) is 3.61. The van der Waals surface area contributed by atoms with Gasteiger partial charge in [-0.25, -0.2) is 4.98 Å². The molecule has 1 N–H and O–H groups in total. The Labute approximate surface area is 170 Å². The van der Waals surface area contributed by atoms with Gasteiger partial charge in [0.25, 0.3) is 0 Å². The molecule has 0 radical (unpaired) electrons. The van der Waals surface area contributed by atoms with Gasteiger partial charge in [0.15, 0.2) is 0 Å². The average Bonchev–Trinajstić information content (AvgIpc) is 3.14. The van der Waals surface area contributed by atoms with Gasteiger partial charge in [-0.2, -0.15) is 4.37 Å². The van der Waals surface area contributed by atoms with Crippen molar-refractivity contribution in [2.24, 2.45) is 0 Å². The highest BCUT2D eigenvalue weighted by Gasteiger charge is 2.15. The highest BCUT2D eigenvalue weighted by Crippen LogP contribution is 2.21. The van der Waals surface area contributed by atoms with E-state index in [1.807, 2.05) is 50.2 Å². The van der Waals surface area contributed by atoms with Crippen LogP contribution in [0.4, 0.5) is 5.13 Å². The quantitative estimate of drug-likeness (QED) is 0.595. The first-order chi connectivity index (χ1) is 13.6. The van der Waals surface area contributed by atoms with E-state index in [0.29, 0.717) is 25.9 Å². The number of carbonyl (C=O) groups is 1. The lowest BCUT2D eigenvalue weighted by Crippen LogP contribution is -2.34. The normalized spacial score (nSPS) is 10.8. The molecule has 28 heavy (non-hydrogen) atoms. The third-order valence-corrected chi connectivity index (χ3v) is 5.02. The van der Waals surface area contributed by atoms with Crippen LogP contribution in [0.3, 0.4) is 0 Å². The van der Waals surface area contributed by atoms with Crippen LogP contribution in [0.1, 0.15) is 37.2 Å². The summed E-state index contributed by atoms with van der Waals surface area (Å²) in [6.07, 6.45) is 1.14. The van der Waals surface area contributed by atoms with Crippen LogP contribution in [0, 0.1) is 0 Å². The summed E-state index contributed by atoms with van der Waals surface area (Å²) in [5, 5.41) is 3.81. The minimum atomic E-state index is 0.0575. The number of benzene rings is 2. The molecule has 1 amide bonds. The van der Waals surface area contributed by atoms with Crippen LogP contribution in [0.2, 0.25) is 0 Å². The lowest BCUT2D eigenvalue weighted by molar-refractivity contribution is -0.121. The van der Waals surface area contributed by atoms with Gasteiger partial charge in [-0.1, -0.05) is 60.7 Å². The number of anilines is 1. The molecular weight excluding hydrogens is 368 g/mol. The molecule has 146 valence electrons. The van der Waals surface area contributed by atoms with E-state index in [1.54, 1.807) is 0 Å². The van der Waals surface area contributed by atoms with Crippen molar-refractivity contribution in [2.75, 3.05) is 11.4 Å². The summed E-state index contributed by atoms with van der Waals surface area (Å²) < 4.78 is 4.54. The minimum Gasteiger partial charge on any atom is -0.354 e. The van der Waals surface area contributed by atoms with Gasteiger partial charge in [-0.3, -0.25) is 4.79 Å². The van der Waals surface area contributed by atoms with Crippen LogP contribution >= 0.6 is 11.5 Å². The van der Waals surface area contributed by atoms with E-state index in [9.17, 15) is 4.79 Å². The monoisotopic (exact) mass is 394 g/mol. The van der Waals surface area contributed by atoms with Crippen molar-refractivity contribution >= 4 is 22.6 Å². The molecule has 0 fully saturated rings. The average molecular weight is 395 g/mol. The molecule has 2 aromatic carbocycles. The number of rotatable bonds is 9. The molecule has 0 aliphatic rings. The van der Waals surface area contributed by atoms with E-state index in [0.717, 1.165) is 11.0 Å². The molecule has 0 aliphatic heterocycles. The Kier molecular flexibility index (Phi) is 7.14. The summed E-state index contributed by atoms with van der Waals surface area (Å²) in [6, 6.07) is 20.6. The van der Waals surface area contributed by atoms with E-state index in [1.165, 1.54) is 22.7 Å². The zero-order valence-corrected chi connectivity index (χ0v) is 17.2. The summed E-state index contributed by atoms with van der Waals surface area (Å²) in [5.41, 5.74) is 2.38. The third kappa shape index (κ3) is 6.16. The molecule has 3 rings (SSSR count). The van der Waals surface area contributed by atoms with E-state index in [2.05, 4.69) is 38.9 Å². The molecule has 0 spiro atoms. The number of amides is 1. The Morgan fingerprint density at radius 3 is 2.32 bits per heavy atom. The zero-order chi connectivity index (χ0) is 19.8. The molecule has 5 nitrogen and oxygen atoms in total. The van der Waals surface area contributed by atoms with Gasteiger partial charge in [0, 0.05) is 43.5 Å². The summed E-state index contributed by atoms with van der Waals surface area (Å²) in [4.78, 5) is 19.0. The van der Waals surface area contributed by atoms with Crippen molar-refractivity contribution in [3.8, 4) is 0 Å². The molecule has 1 aromatic heterocycles. The van der Waals surface area contributed by atoms with Gasteiger partial charge in [-0.15, -0.1) is 0 Å². The lowest BCUT2D eigenvalue weighted by atomic mass is 10.1. The number of carbonyl (C=O) groups excluding carboxylic acids is 1. The number of hydrogen-bond donors (Lipinski definition) is 1. The molecule has 0 saturated heterocycles. The van der Waals surface area contributed by atoms with Gasteiger partial charge in [-0.05, 0) is 25.0 Å². The van der Waals surface area contributed by atoms with Gasteiger partial charge < -0.3 is 10.2 Å². The Balaban J connectivity index is 1.71. The van der Waals surface area contributed by atoms with Crippen molar-refractivity contribution in [2.45, 2.75) is 39.3 Å². The first-order valence-electron chi connectivity index (χ1n) is 9.55. The Hall–Kier alpha value is -2.73. The van der Waals surface area contributed by atoms with E-state index in [4.69, 9.17) is 4.98 Å². The molecule has 3 aromatic rings. The van der Waals surface area contributed by atoms with E-state index in [-0.39, 0.29) is 11.9 Å². The van der Waals surface area contributed by atoms with Crippen molar-refractivity contribution in [3.63, 3.8) is 0 Å². The summed E-state index contributed by atoms with van der Waals surface area (Å²) in [5.74, 6) is 0.873. The fourth-order valence-electron chi connectivity index (χ4n) is 2.90. The van der Waals surface area contributed by atoms with Crippen LogP contribution in [0.5, 0.6) is 0 Å². The summed E-state index contributed by atoms with van der Waals surface area (Å²) in [7, 11) is 0. The third-order valence-electron chi connectivity index (χ3n) is 4.21. The molecule has 0 atom stereocenters. The largest absolute Gasteiger partial charge is 0.354 e. The molecule has 0 unspecified atom stereocenters. The zero-order valence-electron chi connectivity index (χ0n) is 16.3. The second-order valence-electron chi connectivity index (χ2n) is 7.03. The van der Waals surface area contributed by atoms with Crippen LogP contribution in [-0.4, -0.2) is 27.9 Å². The van der Waals surface area contributed by atoms with Crippen LogP contribution in [0.15, 0.2) is 60.7 Å². The number of nitrogens with one attached hydrogen (secondary N) is 1. The second-order valence-corrected chi connectivity index (χ2v) is 7.77. The smallest absolute Gasteiger partial charge is 0.221 e. The predicted molar refractivity (Wildman–Crippen MR) is 115 cm³/mol. The number of aromatic nitrogens is 2. The number of hydrogen-bond acceptors (Lipinski definition) is 5. The minimum absolute atomic E-state index is 0.0575. The highest BCUT2D eigenvalue weighted by molar-refractivity contribution is 7.09. The first-order valence-corrected chi connectivity index (χ1v) is 10.3. The first kappa shape index (κ1) is 20.0. The molecule has 1 heterocycles. The predicted octanol–water partition coefficient (Wildman–Crippen LogP) is 4.05.